The number of guanidine groups is 1. The Morgan fingerprint density at radius 3 is 2.54 bits per heavy atom. The van der Waals surface area contributed by atoms with Gasteiger partial charge in [0.15, 0.2) is 5.96 Å². The van der Waals surface area contributed by atoms with Crippen LogP contribution in [0.25, 0.3) is 0 Å². The van der Waals surface area contributed by atoms with Crippen molar-refractivity contribution in [2.75, 3.05) is 13.7 Å². The van der Waals surface area contributed by atoms with E-state index in [1.54, 1.807) is 7.11 Å². The fraction of sp³-hybridized carbons (Fsp3) is 0.500. The molecule has 144 valence electrons. The molecule has 0 aliphatic rings. The van der Waals surface area contributed by atoms with Crippen molar-refractivity contribution in [3.8, 4) is 5.75 Å². The number of nitrogens with one attached hydrogen (secondary N) is 2. The Morgan fingerprint density at radius 2 is 1.96 bits per heavy atom. The molecule has 0 saturated heterocycles. The fourth-order valence-corrected chi connectivity index (χ4v) is 2.50. The zero-order chi connectivity index (χ0) is 18.4. The Balaban J connectivity index is 0.00000338. The largest absolute Gasteiger partial charge is 0.496 e. The molecule has 2 aromatic rings. The highest BCUT2D eigenvalue weighted by atomic mass is 127. The van der Waals surface area contributed by atoms with Gasteiger partial charge < -0.3 is 19.8 Å². The monoisotopic (exact) mass is 473 g/mol. The van der Waals surface area contributed by atoms with Gasteiger partial charge in [0.2, 0.25) is 5.89 Å². The van der Waals surface area contributed by atoms with E-state index < -0.39 is 0 Å². The quantitative estimate of drug-likeness (QED) is 0.381. The fourth-order valence-electron chi connectivity index (χ4n) is 2.50. The van der Waals surface area contributed by atoms with Gasteiger partial charge in [0.1, 0.15) is 11.5 Å². The molecular weight excluding hydrogens is 445 g/mol. The number of pyridine rings is 1. The van der Waals surface area contributed by atoms with E-state index in [0.717, 1.165) is 40.6 Å². The second-order valence-corrected chi connectivity index (χ2v) is 5.84. The summed E-state index contributed by atoms with van der Waals surface area (Å²) >= 11 is 0. The molecule has 2 rings (SSSR count). The summed E-state index contributed by atoms with van der Waals surface area (Å²) in [5, 5.41) is 6.45. The van der Waals surface area contributed by atoms with Crippen molar-refractivity contribution in [3.05, 3.63) is 40.4 Å². The molecule has 0 aliphatic carbocycles. The van der Waals surface area contributed by atoms with Crippen LogP contribution in [-0.4, -0.2) is 29.6 Å². The highest BCUT2D eigenvalue weighted by Crippen LogP contribution is 2.24. The maximum atomic E-state index is 5.58. The lowest BCUT2D eigenvalue weighted by Gasteiger charge is -2.12. The highest BCUT2D eigenvalue weighted by molar-refractivity contribution is 14.0. The topological polar surface area (TPSA) is 84.6 Å². The van der Waals surface area contributed by atoms with Crippen LogP contribution in [0.4, 0.5) is 0 Å². The SMILES string of the molecule is CCNC(=NCc1ncc(C)c(OC)c1C)NCc1nc(C)c(C)o1.I. The van der Waals surface area contributed by atoms with E-state index in [9.17, 15) is 0 Å². The van der Waals surface area contributed by atoms with Crippen molar-refractivity contribution in [1.29, 1.82) is 0 Å². The second-order valence-electron chi connectivity index (χ2n) is 5.84. The molecule has 0 unspecified atom stereocenters. The number of aromatic nitrogens is 2. The third-order valence-electron chi connectivity index (χ3n) is 3.96. The summed E-state index contributed by atoms with van der Waals surface area (Å²) in [6, 6.07) is 0. The van der Waals surface area contributed by atoms with Crippen LogP contribution in [-0.2, 0) is 13.1 Å². The summed E-state index contributed by atoms with van der Waals surface area (Å²) in [6.07, 6.45) is 1.81. The van der Waals surface area contributed by atoms with Gasteiger partial charge in [0.05, 0.1) is 31.6 Å². The van der Waals surface area contributed by atoms with Gasteiger partial charge in [0.25, 0.3) is 0 Å². The van der Waals surface area contributed by atoms with Crippen LogP contribution in [0, 0.1) is 27.7 Å². The Bertz CT molecular complexity index is 739. The summed E-state index contributed by atoms with van der Waals surface area (Å²) in [7, 11) is 1.67. The number of aryl methyl sites for hydroxylation is 3. The molecule has 0 aliphatic heterocycles. The van der Waals surface area contributed by atoms with Crippen LogP contribution in [0.15, 0.2) is 15.6 Å². The third-order valence-corrected chi connectivity index (χ3v) is 3.96. The number of methoxy groups -OCH3 is 1. The molecular formula is C18H28IN5O2. The first kappa shape index (κ1) is 22.2. The first-order chi connectivity index (χ1) is 12.0. The number of nitrogens with zero attached hydrogens (tertiary/aromatic N) is 3. The molecule has 0 atom stereocenters. The minimum absolute atomic E-state index is 0. The van der Waals surface area contributed by atoms with Gasteiger partial charge in [-0.25, -0.2) is 9.98 Å². The van der Waals surface area contributed by atoms with Crippen molar-refractivity contribution in [2.45, 2.75) is 47.7 Å². The van der Waals surface area contributed by atoms with Crippen molar-refractivity contribution in [1.82, 2.24) is 20.6 Å². The highest BCUT2D eigenvalue weighted by Gasteiger charge is 2.10. The van der Waals surface area contributed by atoms with Crippen LogP contribution >= 0.6 is 24.0 Å². The first-order valence-corrected chi connectivity index (χ1v) is 8.40. The van der Waals surface area contributed by atoms with Crippen LogP contribution in [0.5, 0.6) is 5.75 Å². The average molecular weight is 473 g/mol. The second kappa shape index (κ2) is 10.3. The molecule has 2 N–H and O–H groups in total. The Kier molecular flexibility index (Phi) is 8.83. The zero-order valence-corrected chi connectivity index (χ0v) is 18.6. The summed E-state index contributed by atoms with van der Waals surface area (Å²) in [6.45, 7) is 11.5. The van der Waals surface area contributed by atoms with Gasteiger partial charge in [-0.05, 0) is 34.6 Å². The molecule has 0 aromatic carbocycles. The van der Waals surface area contributed by atoms with E-state index in [2.05, 4.69) is 25.6 Å². The maximum absolute atomic E-state index is 5.58. The minimum Gasteiger partial charge on any atom is -0.496 e. The Hall–Kier alpha value is -1.84. The molecule has 8 heteroatoms. The lowest BCUT2D eigenvalue weighted by Crippen LogP contribution is -2.36. The molecule has 0 bridgehead atoms. The van der Waals surface area contributed by atoms with Gasteiger partial charge in [-0.15, -0.1) is 24.0 Å². The van der Waals surface area contributed by atoms with Crippen molar-refractivity contribution in [2.24, 2.45) is 4.99 Å². The predicted molar refractivity (Wildman–Crippen MR) is 113 cm³/mol. The summed E-state index contributed by atoms with van der Waals surface area (Å²) < 4.78 is 11.0. The van der Waals surface area contributed by atoms with Gasteiger partial charge in [-0.2, -0.15) is 0 Å². The van der Waals surface area contributed by atoms with Gasteiger partial charge in [0, 0.05) is 23.9 Å². The van der Waals surface area contributed by atoms with Crippen LogP contribution in [0.2, 0.25) is 0 Å². The molecule has 0 radical (unpaired) electrons. The number of hydrogen-bond acceptors (Lipinski definition) is 5. The van der Waals surface area contributed by atoms with E-state index in [1.165, 1.54) is 0 Å². The lowest BCUT2D eigenvalue weighted by molar-refractivity contribution is 0.407. The predicted octanol–water partition coefficient (Wildman–Crippen LogP) is 3.19. The Labute approximate surface area is 172 Å². The molecule has 2 heterocycles. The molecule has 0 saturated carbocycles. The van der Waals surface area contributed by atoms with E-state index in [0.29, 0.717) is 24.9 Å². The van der Waals surface area contributed by atoms with Crippen molar-refractivity contribution < 1.29 is 9.15 Å². The number of ether oxygens (including phenoxy) is 1. The number of oxazole rings is 1. The summed E-state index contributed by atoms with van der Waals surface area (Å²) in [5.74, 6) is 3.04. The van der Waals surface area contributed by atoms with Gasteiger partial charge in [-0.1, -0.05) is 0 Å². The summed E-state index contributed by atoms with van der Waals surface area (Å²) in [4.78, 5) is 13.4. The van der Waals surface area contributed by atoms with Crippen molar-refractivity contribution in [3.63, 3.8) is 0 Å². The average Bonchev–Trinajstić information content (AvgIpc) is 2.90. The van der Waals surface area contributed by atoms with E-state index in [1.807, 2.05) is 40.8 Å². The number of rotatable bonds is 6. The first-order valence-electron chi connectivity index (χ1n) is 8.40. The molecule has 0 spiro atoms. The number of hydrogen-bond donors (Lipinski definition) is 2. The standard InChI is InChI=1S/C18H27N5O2.HI/c1-7-19-18(22-10-16-23-13(4)14(5)25-16)21-9-15-12(3)17(24-6)11(2)8-20-15;/h8H,7,9-10H2,1-6H3,(H2,19,21,22);1H. The molecule has 0 fully saturated rings. The smallest absolute Gasteiger partial charge is 0.214 e. The van der Waals surface area contributed by atoms with Crippen LogP contribution < -0.4 is 15.4 Å². The van der Waals surface area contributed by atoms with E-state index in [4.69, 9.17) is 9.15 Å². The third kappa shape index (κ3) is 5.58. The Morgan fingerprint density at radius 1 is 1.23 bits per heavy atom. The van der Waals surface area contributed by atoms with Gasteiger partial charge >= 0.3 is 0 Å². The van der Waals surface area contributed by atoms with Crippen molar-refractivity contribution >= 4 is 29.9 Å². The lowest BCUT2D eigenvalue weighted by atomic mass is 10.1. The molecule has 7 nitrogen and oxygen atoms in total. The van der Waals surface area contributed by atoms with Gasteiger partial charge in [-0.3, -0.25) is 4.98 Å². The molecule has 26 heavy (non-hydrogen) atoms. The number of aliphatic imine (C=N–C) groups is 1. The van der Waals surface area contributed by atoms with E-state index >= 15 is 0 Å². The zero-order valence-electron chi connectivity index (χ0n) is 16.3. The van der Waals surface area contributed by atoms with Crippen LogP contribution in [0.3, 0.4) is 0 Å². The molecule has 0 amide bonds. The number of halogens is 1. The summed E-state index contributed by atoms with van der Waals surface area (Å²) in [5.41, 5.74) is 3.83. The maximum Gasteiger partial charge on any atom is 0.214 e. The minimum atomic E-state index is 0. The normalized spacial score (nSPS) is 11.1. The molecule has 2 aromatic heterocycles. The van der Waals surface area contributed by atoms with Crippen LogP contribution in [0.1, 0.15) is 41.1 Å². The van der Waals surface area contributed by atoms with E-state index in [-0.39, 0.29) is 24.0 Å².